The Labute approximate surface area is 101 Å². The van der Waals surface area contributed by atoms with Crippen LogP contribution in [0.25, 0.3) is 0 Å². The molecule has 0 saturated heterocycles. The van der Waals surface area contributed by atoms with Gasteiger partial charge in [-0.05, 0) is 18.1 Å². The summed E-state index contributed by atoms with van der Waals surface area (Å²) in [6.45, 7) is 2.15. The molecule has 0 saturated carbocycles. The number of nitrogens with one attached hydrogen (secondary N) is 1. The Balaban J connectivity index is 2.86. The number of nitrogens with two attached hydrogens (primary N) is 1. The van der Waals surface area contributed by atoms with Crippen molar-refractivity contribution >= 4 is 23.2 Å². The molecule has 0 spiro atoms. The van der Waals surface area contributed by atoms with Gasteiger partial charge in [-0.25, -0.2) is 0 Å². The highest BCUT2D eigenvalue weighted by atomic mass is 35.5. The number of rotatable bonds is 5. The molecule has 2 nitrogen and oxygen atoms in total. The van der Waals surface area contributed by atoms with E-state index in [-0.39, 0.29) is 6.04 Å². The molecule has 0 fully saturated rings. The van der Waals surface area contributed by atoms with E-state index in [4.69, 9.17) is 29.0 Å². The molecular weight excluding hydrogens is 231 g/mol. The van der Waals surface area contributed by atoms with Crippen LogP contribution in [0, 0.1) is 0 Å². The van der Waals surface area contributed by atoms with E-state index >= 15 is 0 Å². The third-order valence-electron chi connectivity index (χ3n) is 2.40. The molecular formula is C11H16Cl2N2. The molecule has 1 aromatic rings. The molecule has 1 atom stereocenters. The van der Waals surface area contributed by atoms with Crippen LogP contribution in [-0.4, -0.2) is 0 Å². The van der Waals surface area contributed by atoms with Crippen LogP contribution in [0.3, 0.4) is 0 Å². The third-order valence-corrected chi connectivity index (χ3v) is 3.24. The Hall–Kier alpha value is -0.280. The van der Waals surface area contributed by atoms with Crippen LogP contribution >= 0.6 is 23.2 Å². The number of halogens is 2. The molecule has 4 heteroatoms. The molecule has 0 aliphatic carbocycles. The second-order valence-electron chi connectivity index (χ2n) is 3.50. The van der Waals surface area contributed by atoms with Gasteiger partial charge in [-0.3, -0.25) is 11.3 Å². The van der Waals surface area contributed by atoms with Crippen molar-refractivity contribution in [1.29, 1.82) is 0 Å². The fraction of sp³-hybridized carbons (Fsp3) is 0.455. The molecule has 1 unspecified atom stereocenters. The predicted molar refractivity (Wildman–Crippen MR) is 66.1 cm³/mol. The highest BCUT2D eigenvalue weighted by molar-refractivity contribution is 6.42. The maximum Gasteiger partial charge on any atom is 0.0640 e. The second kappa shape index (κ2) is 6.33. The van der Waals surface area contributed by atoms with Crippen molar-refractivity contribution in [2.75, 3.05) is 0 Å². The number of hydrogen-bond acceptors (Lipinski definition) is 2. The Morgan fingerprint density at radius 1 is 1.40 bits per heavy atom. The lowest BCUT2D eigenvalue weighted by Gasteiger charge is -2.17. The Bertz CT molecular complexity index is 315. The lowest BCUT2D eigenvalue weighted by molar-refractivity contribution is 0.495. The molecule has 0 aromatic heterocycles. The summed E-state index contributed by atoms with van der Waals surface area (Å²) in [6.07, 6.45) is 3.21. The van der Waals surface area contributed by atoms with Crippen molar-refractivity contribution in [3.63, 3.8) is 0 Å². The van der Waals surface area contributed by atoms with Gasteiger partial charge >= 0.3 is 0 Å². The van der Waals surface area contributed by atoms with Crippen LogP contribution in [0.15, 0.2) is 18.2 Å². The second-order valence-corrected chi connectivity index (χ2v) is 4.29. The van der Waals surface area contributed by atoms with Gasteiger partial charge in [0.15, 0.2) is 0 Å². The minimum Gasteiger partial charge on any atom is -0.271 e. The molecule has 0 amide bonds. The molecule has 1 aromatic carbocycles. The molecule has 0 aliphatic heterocycles. The van der Waals surface area contributed by atoms with Gasteiger partial charge in [0.1, 0.15) is 0 Å². The van der Waals surface area contributed by atoms with E-state index < -0.39 is 0 Å². The van der Waals surface area contributed by atoms with Crippen LogP contribution in [0.4, 0.5) is 0 Å². The van der Waals surface area contributed by atoms with Gasteiger partial charge in [0.25, 0.3) is 0 Å². The molecule has 0 aliphatic rings. The first-order valence-corrected chi connectivity index (χ1v) is 5.86. The molecule has 0 heterocycles. The molecule has 15 heavy (non-hydrogen) atoms. The molecule has 0 bridgehead atoms. The summed E-state index contributed by atoms with van der Waals surface area (Å²) in [7, 11) is 0. The summed E-state index contributed by atoms with van der Waals surface area (Å²) >= 11 is 12.1. The Morgan fingerprint density at radius 3 is 2.73 bits per heavy atom. The van der Waals surface area contributed by atoms with E-state index in [1.54, 1.807) is 6.07 Å². The minimum atomic E-state index is 0.0798. The SMILES string of the molecule is CCCCC(NN)c1cccc(Cl)c1Cl. The van der Waals surface area contributed by atoms with E-state index in [0.717, 1.165) is 24.8 Å². The highest BCUT2D eigenvalue weighted by Crippen LogP contribution is 2.31. The average Bonchev–Trinajstić information content (AvgIpc) is 2.25. The predicted octanol–water partition coefficient (Wildman–Crippen LogP) is 3.69. The van der Waals surface area contributed by atoms with Crippen LogP contribution in [0.5, 0.6) is 0 Å². The lowest BCUT2D eigenvalue weighted by atomic mass is 10.0. The quantitative estimate of drug-likeness (QED) is 0.615. The number of unbranched alkanes of at least 4 members (excludes halogenated alkanes) is 1. The maximum absolute atomic E-state index is 6.12. The first-order valence-electron chi connectivity index (χ1n) is 5.10. The number of benzene rings is 1. The molecule has 3 N–H and O–H groups in total. The fourth-order valence-corrected chi connectivity index (χ4v) is 1.97. The number of hydrazine groups is 1. The van der Waals surface area contributed by atoms with Gasteiger partial charge in [-0.15, -0.1) is 0 Å². The largest absolute Gasteiger partial charge is 0.271 e. The van der Waals surface area contributed by atoms with E-state index in [1.165, 1.54) is 0 Å². The van der Waals surface area contributed by atoms with E-state index in [0.29, 0.717) is 10.0 Å². The first-order chi connectivity index (χ1) is 7.20. The molecule has 0 radical (unpaired) electrons. The summed E-state index contributed by atoms with van der Waals surface area (Å²) in [6, 6.07) is 5.70. The van der Waals surface area contributed by atoms with Gasteiger partial charge in [0.05, 0.1) is 10.0 Å². The van der Waals surface area contributed by atoms with Crippen molar-refractivity contribution in [2.45, 2.75) is 32.2 Å². The maximum atomic E-state index is 6.12. The van der Waals surface area contributed by atoms with Crippen molar-refractivity contribution in [1.82, 2.24) is 5.43 Å². The zero-order chi connectivity index (χ0) is 11.3. The van der Waals surface area contributed by atoms with E-state index in [2.05, 4.69) is 12.3 Å². The summed E-state index contributed by atoms with van der Waals surface area (Å²) < 4.78 is 0. The highest BCUT2D eigenvalue weighted by Gasteiger charge is 2.14. The van der Waals surface area contributed by atoms with Crippen LogP contribution in [0.2, 0.25) is 10.0 Å². The summed E-state index contributed by atoms with van der Waals surface area (Å²) in [4.78, 5) is 0. The molecule has 84 valence electrons. The van der Waals surface area contributed by atoms with Gasteiger partial charge < -0.3 is 0 Å². The normalized spacial score (nSPS) is 12.8. The first kappa shape index (κ1) is 12.8. The smallest absolute Gasteiger partial charge is 0.0640 e. The third kappa shape index (κ3) is 3.35. The summed E-state index contributed by atoms with van der Waals surface area (Å²) in [5, 5.41) is 1.17. The van der Waals surface area contributed by atoms with Gasteiger partial charge in [-0.2, -0.15) is 0 Å². The zero-order valence-electron chi connectivity index (χ0n) is 8.76. The molecule has 1 rings (SSSR count). The van der Waals surface area contributed by atoms with Crippen molar-refractivity contribution < 1.29 is 0 Å². The van der Waals surface area contributed by atoms with Crippen molar-refractivity contribution in [3.05, 3.63) is 33.8 Å². The van der Waals surface area contributed by atoms with Crippen molar-refractivity contribution in [3.8, 4) is 0 Å². The zero-order valence-corrected chi connectivity index (χ0v) is 10.3. The minimum absolute atomic E-state index is 0.0798. The Morgan fingerprint density at radius 2 is 2.13 bits per heavy atom. The monoisotopic (exact) mass is 246 g/mol. The number of hydrogen-bond donors (Lipinski definition) is 2. The van der Waals surface area contributed by atoms with Gasteiger partial charge in [0, 0.05) is 6.04 Å². The lowest BCUT2D eigenvalue weighted by Crippen LogP contribution is -2.28. The summed E-state index contributed by atoms with van der Waals surface area (Å²) in [5.74, 6) is 5.51. The van der Waals surface area contributed by atoms with E-state index in [1.807, 2.05) is 12.1 Å². The fourth-order valence-electron chi connectivity index (χ4n) is 1.53. The standard InChI is InChI=1S/C11H16Cl2N2/c1-2-3-7-10(15-14)8-5-4-6-9(12)11(8)13/h4-6,10,15H,2-3,7,14H2,1H3. The van der Waals surface area contributed by atoms with Crippen molar-refractivity contribution in [2.24, 2.45) is 5.84 Å². The van der Waals surface area contributed by atoms with Gasteiger partial charge in [-0.1, -0.05) is 55.1 Å². The topological polar surface area (TPSA) is 38.0 Å². The van der Waals surface area contributed by atoms with Crippen LogP contribution in [0.1, 0.15) is 37.8 Å². The van der Waals surface area contributed by atoms with Gasteiger partial charge in [0.2, 0.25) is 0 Å². The average molecular weight is 247 g/mol. The van der Waals surface area contributed by atoms with E-state index in [9.17, 15) is 0 Å². The van der Waals surface area contributed by atoms with Crippen LogP contribution < -0.4 is 11.3 Å². The van der Waals surface area contributed by atoms with Crippen LogP contribution in [-0.2, 0) is 0 Å². The summed E-state index contributed by atoms with van der Waals surface area (Å²) in [5.41, 5.74) is 3.75. The Kier molecular flexibility index (Phi) is 5.40.